The second-order valence-electron chi connectivity index (χ2n) is 12.0. The van der Waals surface area contributed by atoms with Crippen LogP contribution in [0.3, 0.4) is 0 Å². The molecule has 2 aliphatic rings. The van der Waals surface area contributed by atoms with Crippen molar-refractivity contribution in [2.75, 3.05) is 4.90 Å². The van der Waals surface area contributed by atoms with Gasteiger partial charge in [0, 0.05) is 37.0 Å². The Bertz CT molecular complexity index is 2050. The summed E-state index contributed by atoms with van der Waals surface area (Å²) in [4.78, 5) is 6.47. The van der Waals surface area contributed by atoms with E-state index in [0.29, 0.717) is 5.25 Å². The van der Waals surface area contributed by atoms with Gasteiger partial charge in [-0.15, -0.1) is 23.1 Å². The van der Waals surface area contributed by atoms with Gasteiger partial charge in [0.25, 0.3) is 0 Å². The van der Waals surface area contributed by atoms with Crippen LogP contribution in [0.25, 0.3) is 32.0 Å². The minimum atomic E-state index is 0.516. The van der Waals surface area contributed by atoms with E-state index in [1.165, 1.54) is 65.1 Å². The molecule has 1 unspecified atom stereocenters. The van der Waals surface area contributed by atoms with Gasteiger partial charge in [0.05, 0.1) is 0 Å². The highest BCUT2D eigenvalue weighted by Crippen LogP contribution is 2.48. The SMILES string of the molecule is C1=C(C2=CCC(c3ccccc3)S2)CCC(N(c2ccc(-c3ccccc3)cc2)c2ccc(-c3ccc(-c4ccccc4)s3)cc2)=C1. The third kappa shape index (κ3) is 6.42. The maximum Gasteiger partial charge on any atom is 0.0458 e. The van der Waals surface area contributed by atoms with Crippen LogP contribution in [-0.4, -0.2) is 0 Å². The molecule has 0 N–H and O–H groups in total. The summed E-state index contributed by atoms with van der Waals surface area (Å²) in [6.45, 7) is 0. The van der Waals surface area contributed by atoms with E-state index in [1.54, 1.807) is 0 Å². The van der Waals surface area contributed by atoms with Crippen molar-refractivity contribution in [1.82, 2.24) is 0 Å². The summed E-state index contributed by atoms with van der Waals surface area (Å²) in [6, 6.07) is 54.8. The second-order valence-corrected chi connectivity index (χ2v) is 14.3. The summed E-state index contributed by atoms with van der Waals surface area (Å²) in [5.74, 6) is 0. The molecule has 3 heteroatoms. The molecule has 0 fully saturated rings. The van der Waals surface area contributed by atoms with Crippen LogP contribution in [0.5, 0.6) is 0 Å². The van der Waals surface area contributed by atoms with Gasteiger partial charge in [-0.2, -0.15) is 0 Å². The Morgan fingerprint density at radius 3 is 1.62 bits per heavy atom. The first-order valence-corrected chi connectivity index (χ1v) is 18.0. The van der Waals surface area contributed by atoms with Crippen molar-refractivity contribution >= 4 is 34.5 Å². The molecule has 0 spiro atoms. The fraction of sp³-hybridized carbons (Fsp3) is 0.0909. The average Bonchev–Trinajstić information content (AvgIpc) is 3.86. The van der Waals surface area contributed by atoms with E-state index in [0.717, 1.165) is 19.3 Å². The van der Waals surface area contributed by atoms with Crippen molar-refractivity contribution in [3.63, 3.8) is 0 Å². The molecule has 1 aliphatic heterocycles. The van der Waals surface area contributed by atoms with Crippen LogP contribution in [0.1, 0.15) is 30.1 Å². The fourth-order valence-corrected chi connectivity index (χ4v) is 8.82. The molecule has 1 atom stereocenters. The predicted octanol–water partition coefficient (Wildman–Crippen LogP) is 13.3. The van der Waals surface area contributed by atoms with Crippen LogP contribution in [0.4, 0.5) is 11.4 Å². The molecule has 6 aromatic rings. The zero-order valence-corrected chi connectivity index (χ0v) is 27.8. The quantitative estimate of drug-likeness (QED) is 0.163. The van der Waals surface area contributed by atoms with Crippen molar-refractivity contribution in [2.24, 2.45) is 0 Å². The molecule has 1 aliphatic carbocycles. The molecule has 1 aromatic heterocycles. The summed E-state index contributed by atoms with van der Waals surface area (Å²) in [5, 5.41) is 0.516. The van der Waals surface area contributed by atoms with Crippen molar-refractivity contribution in [1.29, 1.82) is 0 Å². The van der Waals surface area contributed by atoms with Gasteiger partial charge in [-0.05, 0) is 95.1 Å². The average molecular weight is 642 g/mol. The highest BCUT2D eigenvalue weighted by Gasteiger charge is 2.24. The lowest BCUT2D eigenvalue weighted by Crippen LogP contribution is -2.18. The fourth-order valence-electron chi connectivity index (χ4n) is 6.50. The third-order valence-electron chi connectivity index (χ3n) is 9.00. The largest absolute Gasteiger partial charge is 0.314 e. The molecule has 2 heterocycles. The Morgan fingerprint density at radius 2 is 1.02 bits per heavy atom. The summed E-state index contributed by atoms with van der Waals surface area (Å²) < 4.78 is 0. The molecule has 0 bridgehead atoms. The number of anilines is 2. The van der Waals surface area contributed by atoms with Crippen molar-refractivity contribution in [3.05, 3.63) is 192 Å². The van der Waals surface area contributed by atoms with E-state index >= 15 is 0 Å². The summed E-state index contributed by atoms with van der Waals surface area (Å²) >= 11 is 3.87. The number of nitrogens with zero attached hydrogens (tertiary/aromatic N) is 1. The standard InChI is InChI=1S/C44H35NS2/c1-4-10-32(11-5-1)33-16-22-38(23-17-33)45(39-24-18-36(19-25-39)43-30-28-41(46-43)34-12-6-2-7-13-34)40-26-20-37(21-27-40)44-31-29-42(47-44)35-14-8-3-9-15-35/h1-20,22-26,28,30-31,42H,21,27,29H2. The lowest BCUT2D eigenvalue weighted by atomic mass is 9.99. The van der Waals surface area contributed by atoms with E-state index in [-0.39, 0.29) is 0 Å². The molecule has 0 amide bonds. The van der Waals surface area contributed by atoms with Gasteiger partial charge in [-0.25, -0.2) is 0 Å². The van der Waals surface area contributed by atoms with Crippen LogP contribution < -0.4 is 4.90 Å². The topological polar surface area (TPSA) is 3.24 Å². The van der Waals surface area contributed by atoms with Crippen LogP contribution in [0.15, 0.2) is 186 Å². The van der Waals surface area contributed by atoms with Crippen LogP contribution in [-0.2, 0) is 0 Å². The molecule has 0 radical (unpaired) electrons. The Kier molecular flexibility index (Phi) is 8.49. The number of hydrogen-bond acceptors (Lipinski definition) is 3. The van der Waals surface area contributed by atoms with Gasteiger partial charge >= 0.3 is 0 Å². The molecule has 8 rings (SSSR count). The molecule has 5 aromatic carbocycles. The summed E-state index contributed by atoms with van der Waals surface area (Å²) in [5.41, 5.74) is 11.5. The van der Waals surface area contributed by atoms with Gasteiger partial charge in [-0.3, -0.25) is 0 Å². The molecule has 0 saturated heterocycles. The van der Waals surface area contributed by atoms with E-state index in [4.69, 9.17) is 0 Å². The van der Waals surface area contributed by atoms with Crippen molar-refractivity contribution < 1.29 is 0 Å². The Labute approximate surface area is 286 Å². The highest BCUT2D eigenvalue weighted by molar-refractivity contribution is 8.03. The van der Waals surface area contributed by atoms with Crippen LogP contribution >= 0.6 is 23.1 Å². The maximum atomic E-state index is 2.44. The Morgan fingerprint density at radius 1 is 0.489 bits per heavy atom. The molecular formula is C44H35NS2. The first-order chi connectivity index (χ1) is 23.3. The zero-order chi connectivity index (χ0) is 31.4. The van der Waals surface area contributed by atoms with Crippen LogP contribution in [0, 0.1) is 0 Å². The minimum Gasteiger partial charge on any atom is -0.314 e. The molecular weight excluding hydrogens is 607 g/mol. The first-order valence-electron chi connectivity index (χ1n) is 16.3. The Balaban J connectivity index is 1.08. The lowest BCUT2D eigenvalue weighted by Gasteiger charge is -2.30. The van der Waals surface area contributed by atoms with E-state index in [9.17, 15) is 0 Å². The molecule has 228 valence electrons. The molecule has 0 saturated carbocycles. The summed E-state index contributed by atoms with van der Waals surface area (Å²) in [7, 11) is 0. The summed E-state index contributed by atoms with van der Waals surface area (Å²) in [6.07, 6.45) is 10.3. The normalized spacial score (nSPS) is 15.9. The number of rotatable bonds is 8. The molecule has 47 heavy (non-hydrogen) atoms. The van der Waals surface area contributed by atoms with Crippen LogP contribution in [0.2, 0.25) is 0 Å². The van der Waals surface area contributed by atoms with E-state index < -0.39 is 0 Å². The minimum absolute atomic E-state index is 0.516. The smallest absolute Gasteiger partial charge is 0.0458 e. The highest BCUT2D eigenvalue weighted by atomic mass is 32.2. The van der Waals surface area contributed by atoms with E-state index in [2.05, 4.69) is 175 Å². The predicted molar refractivity (Wildman–Crippen MR) is 204 cm³/mol. The first kappa shape index (κ1) is 29.6. The number of thioether (sulfide) groups is 1. The second kappa shape index (κ2) is 13.5. The van der Waals surface area contributed by atoms with Crippen molar-refractivity contribution in [3.8, 4) is 32.0 Å². The van der Waals surface area contributed by atoms with Gasteiger partial charge in [0.2, 0.25) is 0 Å². The third-order valence-corrected chi connectivity index (χ3v) is 11.6. The van der Waals surface area contributed by atoms with E-state index in [1.807, 2.05) is 23.1 Å². The zero-order valence-electron chi connectivity index (χ0n) is 26.1. The number of hydrogen-bond donors (Lipinski definition) is 0. The number of thiophene rings is 1. The van der Waals surface area contributed by atoms with Gasteiger partial charge in [-0.1, -0.05) is 127 Å². The van der Waals surface area contributed by atoms with Gasteiger partial charge < -0.3 is 4.90 Å². The Hall–Kier alpha value is -4.83. The van der Waals surface area contributed by atoms with Crippen molar-refractivity contribution in [2.45, 2.75) is 24.5 Å². The molecule has 1 nitrogen and oxygen atoms in total. The number of allylic oxidation sites excluding steroid dienone is 5. The van der Waals surface area contributed by atoms with Gasteiger partial charge in [0.1, 0.15) is 0 Å². The maximum absolute atomic E-state index is 2.44. The lowest BCUT2D eigenvalue weighted by molar-refractivity contribution is 0.889. The van der Waals surface area contributed by atoms with Gasteiger partial charge in [0.15, 0.2) is 0 Å². The number of benzene rings is 5. The monoisotopic (exact) mass is 641 g/mol.